The molecule has 0 fully saturated rings. The average Bonchev–Trinajstić information content (AvgIpc) is 2.87. The molecule has 13 heteroatoms. The number of rotatable bonds is 15. The molecule has 2 rings (SSSR count). The van der Waals surface area contributed by atoms with Gasteiger partial charge in [0.2, 0.25) is 0 Å². The molecule has 0 N–H and O–H groups in total. The van der Waals surface area contributed by atoms with Crippen LogP contribution in [0.15, 0.2) is 58.8 Å². The molecule has 0 aliphatic heterocycles. The van der Waals surface area contributed by atoms with Crippen molar-refractivity contribution in [3.05, 3.63) is 59.7 Å². The van der Waals surface area contributed by atoms with Crippen LogP contribution in [0, 0.1) is 11.3 Å². The van der Waals surface area contributed by atoms with Crippen LogP contribution in [0.2, 0.25) is 0 Å². The van der Waals surface area contributed by atoms with Crippen molar-refractivity contribution in [3.63, 3.8) is 0 Å². The normalized spacial score (nSPS) is 12.5. The molecule has 38 heavy (non-hydrogen) atoms. The van der Waals surface area contributed by atoms with Gasteiger partial charge >= 0.3 is 16.3 Å². The van der Waals surface area contributed by atoms with Crippen LogP contribution >= 0.6 is 0 Å². The highest BCUT2D eigenvalue weighted by atomic mass is 32.2. The number of halogens is 3. The molecule has 2 aromatic carbocycles. The summed E-state index contributed by atoms with van der Waals surface area (Å²) in [6, 6.07) is 13.4. The first kappa shape index (κ1) is 30.4. The first-order valence-corrected chi connectivity index (χ1v) is 13.3. The number of benzene rings is 2. The van der Waals surface area contributed by atoms with Gasteiger partial charge in [0.1, 0.15) is 24.2 Å². The van der Waals surface area contributed by atoms with E-state index in [2.05, 4.69) is 14.6 Å². The van der Waals surface area contributed by atoms with Gasteiger partial charge in [0, 0.05) is 17.5 Å². The number of nitrogens with zero attached hydrogens (tertiary/aromatic N) is 3. The highest BCUT2D eigenvalue weighted by Crippen LogP contribution is 2.24. The van der Waals surface area contributed by atoms with Gasteiger partial charge in [-0.15, -0.1) is 0 Å². The lowest BCUT2D eigenvalue weighted by atomic mass is 10.1. The van der Waals surface area contributed by atoms with Crippen LogP contribution in [0.3, 0.4) is 0 Å². The molecule has 9 nitrogen and oxygen atoms in total. The van der Waals surface area contributed by atoms with Crippen molar-refractivity contribution < 1.29 is 40.2 Å². The maximum atomic E-state index is 13.2. The highest BCUT2D eigenvalue weighted by Gasteiger charge is 2.37. The monoisotopic (exact) mass is 555 g/mol. The van der Waals surface area contributed by atoms with Crippen molar-refractivity contribution in [2.75, 3.05) is 25.6 Å². The number of oxime groups is 2. The molecule has 0 amide bonds. The van der Waals surface area contributed by atoms with E-state index in [9.17, 15) is 26.9 Å². The first-order chi connectivity index (χ1) is 18.1. The van der Waals surface area contributed by atoms with E-state index in [-0.39, 0.29) is 36.8 Å². The van der Waals surface area contributed by atoms with Crippen molar-refractivity contribution in [2.45, 2.75) is 39.3 Å². The summed E-state index contributed by atoms with van der Waals surface area (Å²) in [6.45, 7) is 4.07. The number of nitriles is 1. The predicted octanol–water partition coefficient (Wildman–Crippen LogP) is 5.21. The Balaban J connectivity index is 1.83. The number of hydrogen-bond donors (Lipinski definition) is 0. The molecule has 2 aromatic rings. The molecule has 0 saturated heterocycles. The van der Waals surface area contributed by atoms with E-state index in [1.54, 1.807) is 32.0 Å². The molecule has 0 aliphatic carbocycles. The molecule has 206 valence electrons. The number of hydrogen-bond acceptors (Lipinski definition) is 9. The van der Waals surface area contributed by atoms with Gasteiger partial charge < -0.3 is 14.3 Å². The molecule has 0 aliphatic rings. The average molecular weight is 556 g/mol. The third-order valence-corrected chi connectivity index (χ3v) is 5.81. The molecule has 0 radical (unpaired) electrons. The Morgan fingerprint density at radius 3 is 1.89 bits per heavy atom. The van der Waals surface area contributed by atoms with Gasteiger partial charge in [0.05, 0.1) is 19.0 Å². The third kappa shape index (κ3) is 10.3. The van der Waals surface area contributed by atoms with Crippen molar-refractivity contribution in [3.8, 4) is 17.6 Å². The summed E-state index contributed by atoms with van der Waals surface area (Å²) >= 11 is 0. The van der Waals surface area contributed by atoms with E-state index in [0.29, 0.717) is 36.3 Å². The SMILES string of the molecule is CCCO/N=C(/c1ccc(OCCCOc2ccc(/C(C#N)=N/OS(=O)(=O)CCC)cc2)cc1)C(F)(F)F. The largest absolute Gasteiger partial charge is 0.493 e. The van der Waals surface area contributed by atoms with Crippen LogP contribution in [0.1, 0.15) is 44.2 Å². The van der Waals surface area contributed by atoms with Crippen LogP contribution in [0.5, 0.6) is 11.5 Å². The molecule has 0 aromatic heterocycles. The summed E-state index contributed by atoms with van der Waals surface area (Å²) in [6.07, 6.45) is -3.28. The molecule has 0 unspecified atom stereocenters. The fraction of sp³-hybridized carbons (Fsp3) is 0.400. The minimum absolute atomic E-state index is 0.0860. The van der Waals surface area contributed by atoms with Gasteiger partial charge in [-0.25, -0.2) is 0 Å². The summed E-state index contributed by atoms with van der Waals surface area (Å²) in [4.78, 5) is 4.71. The van der Waals surface area contributed by atoms with E-state index in [1.807, 2.05) is 0 Å². The lowest BCUT2D eigenvalue weighted by Crippen LogP contribution is -2.24. The Hall–Kier alpha value is -3.79. The van der Waals surface area contributed by atoms with Crippen molar-refractivity contribution in [2.24, 2.45) is 10.3 Å². The zero-order valence-electron chi connectivity index (χ0n) is 20.9. The van der Waals surface area contributed by atoms with Crippen LogP contribution < -0.4 is 9.47 Å². The Bertz CT molecular complexity index is 1220. The second kappa shape index (κ2) is 14.8. The standard InChI is InChI=1S/C25H28F3N3O6S/c1-3-14-36-31-24(25(26,27)28)20-8-12-22(13-9-20)35-16-5-15-34-21-10-6-19(7-11-21)23(18-29)30-37-38(32,33)17-4-2/h6-13H,3-5,14-17H2,1-2H3/b30-23+,31-24-. The lowest BCUT2D eigenvalue weighted by Gasteiger charge is -2.12. The minimum atomic E-state index is -4.66. The maximum Gasteiger partial charge on any atom is 0.437 e. The van der Waals surface area contributed by atoms with E-state index in [1.165, 1.54) is 36.4 Å². The second-order valence-electron chi connectivity index (χ2n) is 7.76. The van der Waals surface area contributed by atoms with Crippen LogP contribution in [-0.4, -0.2) is 51.6 Å². The molecule has 0 bridgehead atoms. The zero-order valence-corrected chi connectivity index (χ0v) is 21.7. The van der Waals surface area contributed by atoms with Crippen LogP contribution in [0.25, 0.3) is 0 Å². The quantitative estimate of drug-likeness (QED) is 0.168. The van der Waals surface area contributed by atoms with Crippen molar-refractivity contribution in [1.29, 1.82) is 5.26 Å². The lowest BCUT2D eigenvalue weighted by molar-refractivity contribution is -0.0615. The molecule has 0 atom stereocenters. The van der Waals surface area contributed by atoms with E-state index >= 15 is 0 Å². The topological polar surface area (TPSA) is 120 Å². The van der Waals surface area contributed by atoms with Gasteiger partial charge in [-0.1, -0.05) is 24.2 Å². The molecule has 0 spiro atoms. The molecular formula is C25H28F3N3O6S. The summed E-state index contributed by atoms with van der Waals surface area (Å²) in [7, 11) is -3.84. The fourth-order valence-electron chi connectivity index (χ4n) is 2.85. The van der Waals surface area contributed by atoms with Gasteiger partial charge in [-0.05, 0) is 61.4 Å². The van der Waals surface area contributed by atoms with Crippen molar-refractivity contribution in [1.82, 2.24) is 0 Å². The molecular weight excluding hydrogens is 527 g/mol. The van der Waals surface area contributed by atoms with Gasteiger partial charge in [0.15, 0.2) is 11.4 Å². The third-order valence-electron chi connectivity index (χ3n) is 4.60. The van der Waals surface area contributed by atoms with E-state index in [4.69, 9.17) is 14.3 Å². The smallest absolute Gasteiger partial charge is 0.437 e. The van der Waals surface area contributed by atoms with E-state index < -0.39 is 22.0 Å². The van der Waals surface area contributed by atoms with Gasteiger partial charge in [-0.3, -0.25) is 4.28 Å². The Morgan fingerprint density at radius 2 is 1.42 bits per heavy atom. The van der Waals surface area contributed by atoms with Gasteiger partial charge in [-0.2, -0.15) is 26.9 Å². The summed E-state index contributed by atoms with van der Waals surface area (Å²) in [5, 5.41) is 15.9. The van der Waals surface area contributed by atoms with E-state index in [0.717, 1.165) is 0 Å². The Morgan fingerprint density at radius 1 is 0.868 bits per heavy atom. The van der Waals surface area contributed by atoms with Crippen LogP contribution in [-0.2, 0) is 19.2 Å². The highest BCUT2D eigenvalue weighted by molar-refractivity contribution is 7.86. The number of ether oxygens (including phenoxy) is 2. The van der Waals surface area contributed by atoms with Crippen molar-refractivity contribution >= 4 is 21.5 Å². The predicted molar refractivity (Wildman–Crippen MR) is 135 cm³/mol. The molecule has 0 saturated carbocycles. The Kier molecular flexibility index (Phi) is 11.9. The first-order valence-electron chi connectivity index (χ1n) is 11.7. The minimum Gasteiger partial charge on any atom is -0.493 e. The zero-order chi connectivity index (χ0) is 28.0. The number of alkyl halides is 3. The summed E-state index contributed by atoms with van der Waals surface area (Å²) < 4.78 is 78.6. The summed E-state index contributed by atoms with van der Waals surface area (Å²) in [5.74, 6) is 0.680. The van der Waals surface area contributed by atoms with Gasteiger partial charge in [0.25, 0.3) is 0 Å². The maximum absolute atomic E-state index is 13.2. The summed E-state index contributed by atoms with van der Waals surface area (Å²) in [5.41, 5.74) is -1.09. The molecule has 0 heterocycles. The van der Waals surface area contributed by atoms with Crippen LogP contribution in [0.4, 0.5) is 13.2 Å². The second-order valence-corrected chi connectivity index (χ2v) is 9.43. The fourth-order valence-corrected chi connectivity index (χ4v) is 3.61. The Labute approximate surface area is 219 Å².